The van der Waals surface area contributed by atoms with Gasteiger partial charge in [0, 0.05) is 13.6 Å². The Kier molecular flexibility index (Phi) is 18.8. The Morgan fingerprint density at radius 1 is 0.750 bits per heavy atom. The van der Waals surface area contributed by atoms with E-state index < -0.39 is 66.0 Å². The minimum absolute atomic E-state index is 0.0817. The molecule has 1 saturated heterocycles. The molecule has 0 radical (unpaired) electrons. The molecule has 0 bridgehead atoms. The molecular weight excluding hydrogens is 666 g/mol. The van der Waals surface area contributed by atoms with Crippen LogP contribution >= 0.6 is 0 Å². The van der Waals surface area contributed by atoms with Crippen molar-refractivity contribution in [3.63, 3.8) is 0 Å². The number of carbonyl (C=O) groups excluding carboxylic acids is 5. The number of nitrogens with zero attached hydrogens (tertiary/aromatic N) is 1. The number of unbranched alkanes of at least 4 members (excludes halogenated alkanes) is 3. The molecule has 298 valence electrons. The molecule has 0 unspecified atom stereocenters. The molecule has 3 aliphatic rings. The lowest BCUT2D eigenvalue weighted by Gasteiger charge is -2.36. The zero-order valence-corrected chi connectivity index (χ0v) is 32.5. The summed E-state index contributed by atoms with van der Waals surface area (Å²) in [5.41, 5.74) is 11.8. The van der Waals surface area contributed by atoms with Gasteiger partial charge in [0.15, 0.2) is 0 Å². The summed E-state index contributed by atoms with van der Waals surface area (Å²) in [6, 6.07) is -4.03. The number of amides is 5. The van der Waals surface area contributed by atoms with Crippen molar-refractivity contribution >= 4 is 29.5 Å². The van der Waals surface area contributed by atoms with Gasteiger partial charge < -0.3 is 47.1 Å². The third-order valence-corrected chi connectivity index (χ3v) is 11.2. The second-order valence-electron chi connectivity index (χ2n) is 15.3. The maximum Gasteiger partial charge on any atom is 0.246 e. The van der Waals surface area contributed by atoms with Gasteiger partial charge in [-0.1, -0.05) is 78.6 Å². The molecular formula is C38H69N7O7. The van der Waals surface area contributed by atoms with Crippen LogP contribution in [-0.4, -0.2) is 104 Å². The van der Waals surface area contributed by atoms with Gasteiger partial charge in [-0.3, -0.25) is 24.0 Å². The highest BCUT2D eigenvalue weighted by atomic mass is 16.5. The standard InChI is InChI=1S/C38H69N7O7/c1-6-8-9-14-18-32-24(3)38(50)45(5)31(15-7-2)36(48)44-33(27-16-12-10-11-13-17-27)37(49)42-29(22-40)34(46)43-30(35(47)41-25(4)52-32)23-51-28-19-26(20-28)21-39/h24-33H,6-23,39-40H2,1-5H3,(H,41,47)(H,42,49)(H,43,46)(H,44,48)/t24-,25+,26-,28-,29+,30+,31+,32-,33+/m1/s1. The van der Waals surface area contributed by atoms with E-state index in [0.717, 1.165) is 77.0 Å². The summed E-state index contributed by atoms with van der Waals surface area (Å²) in [6.07, 6.45) is 11.0. The van der Waals surface area contributed by atoms with Crippen LogP contribution in [0.15, 0.2) is 0 Å². The number of rotatable bonds is 13. The van der Waals surface area contributed by atoms with Crippen molar-refractivity contribution in [1.82, 2.24) is 26.2 Å². The first-order valence-electron chi connectivity index (χ1n) is 20.1. The molecule has 0 aromatic heterocycles. The number of likely N-dealkylation sites (N-methyl/N-ethyl adjacent to an activating group) is 1. The van der Waals surface area contributed by atoms with E-state index in [0.29, 0.717) is 31.7 Å². The third-order valence-electron chi connectivity index (χ3n) is 11.2. The fourth-order valence-corrected chi connectivity index (χ4v) is 7.69. The molecule has 1 heterocycles. The normalized spacial score (nSPS) is 32.4. The van der Waals surface area contributed by atoms with Crippen molar-refractivity contribution in [1.29, 1.82) is 0 Å². The molecule has 2 saturated carbocycles. The SMILES string of the molecule is CCCCCC[C@H]1O[C@@H](C)NC(=O)[C@H](CO[C@H]2C[C@H](CN)C2)NC(=O)[C@H](CN)NC(=O)[C@H](C2CCCCCC2)NC(=O)[C@H](CCC)N(C)C(=O)[C@@H]1C. The van der Waals surface area contributed by atoms with Crippen LogP contribution in [-0.2, 0) is 33.4 Å². The predicted molar refractivity (Wildman–Crippen MR) is 199 cm³/mol. The topological polar surface area (TPSA) is 207 Å². The molecule has 0 aromatic rings. The van der Waals surface area contributed by atoms with E-state index in [1.807, 2.05) is 6.92 Å². The number of hydrogen-bond acceptors (Lipinski definition) is 9. The minimum atomic E-state index is -1.17. The van der Waals surface area contributed by atoms with Gasteiger partial charge in [0.1, 0.15) is 30.4 Å². The average Bonchev–Trinajstić information content (AvgIpc) is 3.39. The number of hydrogen-bond donors (Lipinski definition) is 6. The van der Waals surface area contributed by atoms with Crippen LogP contribution < -0.4 is 32.7 Å². The first kappa shape index (κ1) is 43.6. The lowest BCUT2D eigenvalue weighted by molar-refractivity contribution is -0.150. The fourth-order valence-electron chi connectivity index (χ4n) is 7.69. The Morgan fingerprint density at radius 2 is 1.40 bits per heavy atom. The lowest BCUT2D eigenvalue weighted by atomic mass is 9.82. The Bertz CT molecular complexity index is 1140. The molecule has 14 heteroatoms. The largest absolute Gasteiger partial charge is 0.376 e. The predicted octanol–water partition coefficient (Wildman–Crippen LogP) is 2.22. The molecule has 3 fully saturated rings. The number of ether oxygens (including phenoxy) is 2. The first-order chi connectivity index (χ1) is 24.9. The monoisotopic (exact) mass is 736 g/mol. The van der Waals surface area contributed by atoms with Crippen molar-refractivity contribution in [3.05, 3.63) is 0 Å². The van der Waals surface area contributed by atoms with Crippen LogP contribution in [0.3, 0.4) is 0 Å². The highest BCUT2D eigenvalue weighted by Crippen LogP contribution is 2.29. The Balaban J connectivity index is 1.98. The summed E-state index contributed by atoms with van der Waals surface area (Å²) in [6.45, 7) is 7.80. The van der Waals surface area contributed by atoms with E-state index >= 15 is 0 Å². The van der Waals surface area contributed by atoms with Gasteiger partial charge in [-0.25, -0.2) is 0 Å². The highest BCUT2D eigenvalue weighted by Gasteiger charge is 2.39. The van der Waals surface area contributed by atoms with Gasteiger partial charge in [-0.2, -0.15) is 0 Å². The smallest absolute Gasteiger partial charge is 0.246 e. The molecule has 2 aliphatic carbocycles. The summed E-state index contributed by atoms with van der Waals surface area (Å²) in [5, 5.41) is 11.4. The van der Waals surface area contributed by atoms with Gasteiger partial charge in [-0.05, 0) is 63.8 Å². The van der Waals surface area contributed by atoms with Crippen LogP contribution in [0.25, 0.3) is 0 Å². The zero-order valence-electron chi connectivity index (χ0n) is 32.5. The summed E-state index contributed by atoms with van der Waals surface area (Å²) in [4.78, 5) is 71.3. The molecule has 7 atom stereocenters. The van der Waals surface area contributed by atoms with Crippen molar-refractivity contribution in [2.24, 2.45) is 29.2 Å². The number of carbonyl (C=O) groups is 5. The van der Waals surface area contributed by atoms with E-state index in [4.69, 9.17) is 20.9 Å². The lowest BCUT2D eigenvalue weighted by Crippen LogP contribution is -2.62. The van der Waals surface area contributed by atoms with Crippen molar-refractivity contribution < 1.29 is 33.4 Å². The molecule has 52 heavy (non-hydrogen) atoms. The second kappa shape index (κ2) is 22.4. The third kappa shape index (κ3) is 12.9. The van der Waals surface area contributed by atoms with Crippen LogP contribution in [0.2, 0.25) is 0 Å². The maximum absolute atomic E-state index is 14.1. The van der Waals surface area contributed by atoms with Gasteiger partial charge in [-0.15, -0.1) is 0 Å². The van der Waals surface area contributed by atoms with Gasteiger partial charge in [0.2, 0.25) is 29.5 Å². The Labute approximate surface area is 311 Å². The second-order valence-corrected chi connectivity index (χ2v) is 15.3. The van der Waals surface area contributed by atoms with E-state index in [2.05, 4.69) is 28.2 Å². The van der Waals surface area contributed by atoms with Gasteiger partial charge >= 0.3 is 0 Å². The minimum Gasteiger partial charge on any atom is -0.376 e. The highest BCUT2D eigenvalue weighted by molar-refractivity contribution is 5.96. The van der Waals surface area contributed by atoms with Crippen molar-refractivity contribution in [2.45, 2.75) is 167 Å². The number of nitrogens with two attached hydrogens (primary N) is 2. The summed E-state index contributed by atoms with van der Waals surface area (Å²) < 4.78 is 12.4. The summed E-state index contributed by atoms with van der Waals surface area (Å²) in [7, 11) is 1.63. The molecule has 0 spiro atoms. The molecule has 0 aromatic carbocycles. The molecule has 1 aliphatic heterocycles. The van der Waals surface area contributed by atoms with E-state index in [1.54, 1.807) is 20.9 Å². The molecule has 8 N–H and O–H groups in total. The average molecular weight is 736 g/mol. The first-order valence-corrected chi connectivity index (χ1v) is 20.1. The molecule has 3 rings (SSSR count). The summed E-state index contributed by atoms with van der Waals surface area (Å²) >= 11 is 0. The summed E-state index contributed by atoms with van der Waals surface area (Å²) in [5.74, 6) is -2.75. The zero-order chi connectivity index (χ0) is 38.2. The van der Waals surface area contributed by atoms with E-state index in [9.17, 15) is 24.0 Å². The number of nitrogens with one attached hydrogen (secondary N) is 4. The van der Waals surface area contributed by atoms with Gasteiger partial charge in [0.25, 0.3) is 0 Å². The van der Waals surface area contributed by atoms with Crippen molar-refractivity contribution in [3.8, 4) is 0 Å². The maximum atomic E-state index is 14.1. The Morgan fingerprint density at radius 3 is 2.02 bits per heavy atom. The Hall–Kier alpha value is -2.81. The van der Waals surface area contributed by atoms with E-state index in [-0.39, 0.29) is 31.1 Å². The quantitative estimate of drug-likeness (QED) is 0.121. The molecule has 5 amide bonds. The van der Waals surface area contributed by atoms with Crippen molar-refractivity contribution in [2.75, 3.05) is 26.7 Å². The van der Waals surface area contributed by atoms with Crippen LogP contribution in [0, 0.1) is 17.8 Å². The van der Waals surface area contributed by atoms with Gasteiger partial charge in [0.05, 0.1) is 24.7 Å². The van der Waals surface area contributed by atoms with Crippen LogP contribution in [0.5, 0.6) is 0 Å². The molecule has 14 nitrogen and oxygen atoms in total. The van der Waals surface area contributed by atoms with Crippen LogP contribution in [0.4, 0.5) is 0 Å². The van der Waals surface area contributed by atoms with E-state index in [1.165, 1.54) is 4.90 Å². The van der Waals surface area contributed by atoms with Crippen LogP contribution in [0.1, 0.15) is 124 Å². The fraction of sp³-hybridized carbons (Fsp3) is 0.868.